The fourth-order valence-corrected chi connectivity index (χ4v) is 4.89. The largest absolute Gasteiger partial charge is 0.480 e. The molecule has 0 aliphatic rings. The Balaban J connectivity index is 2.77. The molecule has 0 fully saturated rings. The molecule has 0 aliphatic carbocycles. The summed E-state index contributed by atoms with van der Waals surface area (Å²) < 4.78 is 26.9. The first-order valence-electron chi connectivity index (χ1n) is 6.73. The Morgan fingerprint density at radius 3 is 2.32 bits per heavy atom. The van der Waals surface area contributed by atoms with Crippen molar-refractivity contribution in [3.8, 4) is 0 Å². The van der Waals surface area contributed by atoms with Crippen LogP contribution in [0, 0.1) is 0 Å². The second-order valence-corrected chi connectivity index (χ2v) is 8.37. The van der Waals surface area contributed by atoms with Gasteiger partial charge < -0.3 is 5.11 Å². The molecule has 0 bridgehead atoms. The van der Waals surface area contributed by atoms with Crippen LogP contribution in [0.5, 0.6) is 0 Å². The number of carboxylic acids is 1. The first-order chi connectivity index (χ1) is 11.6. The Bertz CT molecular complexity index is 933. The molecule has 1 unspecified atom stereocenters. The first kappa shape index (κ1) is 20.1. The van der Waals surface area contributed by atoms with E-state index in [1.165, 1.54) is 37.3 Å². The van der Waals surface area contributed by atoms with Crippen LogP contribution in [-0.2, 0) is 14.8 Å². The molecule has 2 aromatic rings. The Kier molecular flexibility index (Phi) is 6.12. The van der Waals surface area contributed by atoms with Gasteiger partial charge in [0.05, 0.1) is 20.8 Å². The van der Waals surface area contributed by atoms with Gasteiger partial charge in [-0.15, -0.1) is 0 Å². The van der Waals surface area contributed by atoms with Crippen LogP contribution in [0.4, 0.5) is 5.69 Å². The summed E-state index contributed by atoms with van der Waals surface area (Å²) in [6.45, 7) is 1.20. The van der Waals surface area contributed by atoms with Gasteiger partial charge >= 0.3 is 5.97 Å². The van der Waals surface area contributed by atoms with Crippen molar-refractivity contribution in [2.45, 2.75) is 17.9 Å². The number of hydrogen-bond donors (Lipinski definition) is 1. The van der Waals surface area contributed by atoms with E-state index in [4.69, 9.17) is 46.4 Å². The van der Waals surface area contributed by atoms with Crippen LogP contribution in [0.3, 0.4) is 0 Å². The van der Waals surface area contributed by atoms with Crippen LogP contribution in [0.15, 0.2) is 41.3 Å². The minimum atomic E-state index is -4.40. The number of carbonyl (C=O) groups is 1. The van der Waals surface area contributed by atoms with Gasteiger partial charge in [-0.1, -0.05) is 52.5 Å². The molecular weight excluding hydrogens is 432 g/mol. The van der Waals surface area contributed by atoms with E-state index in [0.717, 1.165) is 6.07 Å². The number of nitrogens with zero attached hydrogens (tertiary/aromatic N) is 1. The lowest BCUT2D eigenvalue weighted by Gasteiger charge is -2.29. The second kappa shape index (κ2) is 7.60. The molecule has 5 nitrogen and oxygen atoms in total. The number of carboxylic acid groups (broad SMARTS) is 1. The van der Waals surface area contributed by atoms with Crippen LogP contribution in [0.25, 0.3) is 0 Å². The Morgan fingerprint density at radius 2 is 1.72 bits per heavy atom. The highest BCUT2D eigenvalue weighted by Gasteiger charge is 2.36. The normalized spacial score (nSPS) is 12.7. The van der Waals surface area contributed by atoms with Crippen molar-refractivity contribution in [3.63, 3.8) is 0 Å². The highest BCUT2D eigenvalue weighted by Crippen LogP contribution is 2.38. The van der Waals surface area contributed by atoms with Crippen molar-refractivity contribution in [1.82, 2.24) is 0 Å². The fraction of sp³-hybridized carbons (Fsp3) is 0.133. The maximum atomic E-state index is 13.1. The van der Waals surface area contributed by atoms with E-state index in [-0.39, 0.29) is 30.7 Å². The predicted molar refractivity (Wildman–Crippen MR) is 99.7 cm³/mol. The Hall–Kier alpha value is -1.18. The summed E-state index contributed by atoms with van der Waals surface area (Å²) in [6, 6.07) is 6.65. The number of anilines is 1. The number of aliphatic carboxylic acids is 1. The lowest BCUT2D eigenvalue weighted by molar-refractivity contribution is -0.137. The Morgan fingerprint density at radius 1 is 1.08 bits per heavy atom. The third-order valence-corrected chi connectivity index (χ3v) is 6.72. The van der Waals surface area contributed by atoms with Crippen molar-refractivity contribution < 1.29 is 18.3 Å². The molecule has 10 heteroatoms. The highest BCUT2D eigenvalue weighted by atomic mass is 35.5. The van der Waals surface area contributed by atoms with Crippen LogP contribution in [-0.4, -0.2) is 25.5 Å². The van der Waals surface area contributed by atoms with Gasteiger partial charge in [0, 0.05) is 5.02 Å². The van der Waals surface area contributed by atoms with Crippen molar-refractivity contribution in [3.05, 3.63) is 56.5 Å². The van der Waals surface area contributed by atoms with Gasteiger partial charge in [0.25, 0.3) is 10.0 Å². The van der Waals surface area contributed by atoms with Gasteiger partial charge in [-0.2, -0.15) is 0 Å². The standard InChI is InChI=1S/C15H11Cl4NO4S/c1-8(15(21)22)20(12-4-2-3-11(18)14(12)19)25(23,24)13-7-9(16)5-6-10(13)17/h2-8H,1H3,(H,21,22). The zero-order valence-electron chi connectivity index (χ0n) is 12.6. The third-order valence-electron chi connectivity index (χ3n) is 3.31. The Labute approximate surface area is 164 Å². The van der Waals surface area contributed by atoms with Gasteiger partial charge in [0.2, 0.25) is 0 Å². The lowest BCUT2D eigenvalue weighted by atomic mass is 10.2. The van der Waals surface area contributed by atoms with E-state index in [9.17, 15) is 18.3 Å². The molecule has 2 rings (SSSR count). The number of benzene rings is 2. The van der Waals surface area contributed by atoms with E-state index in [1.54, 1.807) is 0 Å². The summed E-state index contributed by atoms with van der Waals surface area (Å²) in [7, 11) is -4.40. The van der Waals surface area contributed by atoms with E-state index in [0.29, 0.717) is 4.31 Å². The quantitative estimate of drug-likeness (QED) is 0.709. The monoisotopic (exact) mass is 441 g/mol. The number of sulfonamides is 1. The zero-order valence-corrected chi connectivity index (χ0v) is 16.4. The summed E-state index contributed by atoms with van der Waals surface area (Å²) in [5.74, 6) is -1.38. The molecule has 0 amide bonds. The third kappa shape index (κ3) is 3.99. The molecule has 2 aromatic carbocycles. The maximum absolute atomic E-state index is 13.1. The average molecular weight is 443 g/mol. The lowest BCUT2D eigenvalue weighted by Crippen LogP contribution is -2.43. The molecule has 0 aromatic heterocycles. The average Bonchev–Trinajstić information content (AvgIpc) is 2.53. The summed E-state index contributed by atoms with van der Waals surface area (Å²) in [5, 5.41) is 9.37. The number of hydrogen-bond acceptors (Lipinski definition) is 3. The van der Waals surface area contributed by atoms with Crippen molar-refractivity contribution in [2.75, 3.05) is 4.31 Å². The summed E-state index contributed by atoms with van der Waals surface area (Å²) >= 11 is 23.9. The molecule has 1 atom stereocenters. The van der Waals surface area contributed by atoms with Crippen LogP contribution in [0.2, 0.25) is 20.1 Å². The smallest absolute Gasteiger partial charge is 0.327 e. The molecule has 0 aliphatic heterocycles. The van der Waals surface area contributed by atoms with Gasteiger partial charge in [0.15, 0.2) is 0 Å². The van der Waals surface area contributed by atoms with Gasteiger partial charge in [-0.05, 0) is 37.3 Å². The molecule has 0 saturated carbocycles. The summed E-state index contributed by atoms with van der Waals surface area (Å²) in [4.78, 5) is 11.2. The minimum absolute atomic E-state index is 0.0779. The molecular formula is C15H11Cl4NO4S. The van der Waals surface area contributed by atoms with Gasteiger partial charge in [0.1, 0.15) is 10.9 Å². The molecule has 0 heterocycles. The summed E-state index contributed by atoms with van der Waals surface area (Å²) in [6.07, 6.45) is 0. The van der Waals surface area contributed by atoms with Crippen LogP contribution in [0.1, 0.15) is 6.92 Å². The SMILES string of the molecule is CC(C(=O)O)N(c1cccc(Cl)c1Cl)S(=O)(=O)c1cc(Cl)ccc1Cl. The molecule has 0 spiro atoms. The molecule has 134 valence electrons. The second-order valence-electron chi connectivity index (χ2n) is 4.96. The minimum Gasteiger partial charge on any atom is -0.480 e. The van der Waals surface area contributed by atoms with Crippen molar-refractivity contribution >= 4 is 68.1 Å². The topological polar surface area (TPSA) is 74.7 Å². The van der Waals surface area contributed by atoms with E-state index in [2.05, 4.69) is 0 Å². The number of halogens is 4. The van der Waals surface area contributed by atoms with Gasteiger partial charge in [-0.25, -0.2) is 13.2 Å². The fourth-order valence-electron chi connectivity index (χ4n) is 2.09. The van der Waals surface area contributed by atoms with E-state index < -0.39 is 22.0 Å². The first-order valence-corrected chi connectivity index (χ1v) is 9.69. The molecule has 0 radical (unpaired) electrons. The highest BCUT2D eigenvalue weighted by molar-refractivity contribution is 7.93. The van der Waals surface area contributed by atoms with Crippen LogP contribution >= 0.6 is 46.4 Å². The predicted octanol–water partition coefficient (Wildman–Crippen LogP) is 4.97. The number of rotatable bonds is 5. The van der Waals surface area contributed by atoms with Crippen molar-refractivity contribution in [1.29, 1.82) is 0 Å². The summed E-state index contributed by atoms with van der Waals surface area (Å²) in [5.41, 5.74) is -0.0832. The zero-order chi connectivity index (χ0) is 18.9. The van der Waals surface area contributed by atoms with Crippen molar-refractivity contribution in [2.24, 2.45) is 0 Å². The van der Waals surface area contributed by atoms with Crippen LogP contribution < -0.4 is 4.31 Å². The maximum Gasteiger partial charge on any atom is 0.327 e. The van der Waals surface area contributed by atoms with E-state index in [1.807, 2.05) is 0 Å². The van der Waals surface area contributed by atoms with E-state index >= 15 is 0 Å². The molecule has 25 heavy (non-hydrogen) atoms. The van der Waals surface area contributed by atoms with Gasteiger partial charge in [-0.3, -0.25) is 4.31 Å². The molecule has 1 N–H and O–H groups in total. The molecule has 0 saturated heterocycles.